The van der Waals surface area contributed by atoms with Gasteiger partial charge in [0.2, 0.25) is 0 Å². The Kier molecular flexibility index (Phi) is 7.35. The lowest BCUT2D eigenvalue weighted by atomic mass is 9.84. The number of nitrogens with two attached hydrogens (primary N) is 2. The molecule has 2 unspecified atom stereocenters. The minimum atomic E-state index is -0.593. The third-order valence-corrected chi connectivity index (χ3v) is 5.55. The molecule has 1 heterocycles. The molecule has 1 fully saturated rings. The molecule has 1 saturated carbocycles. The maximum absolute atomic E-state index is 10.4. The van der Waals surface area contributed by atoms with Crippen LogP contribution < -0.4 is 11.6 Å². The molecule has 0 bridgehead atoms. The highest BCUT2D eigenvalue weighted by atomic mass is 16.3. The molecule has 5 nitrogen and oxygen atoms in total. The third kappa shape index (κ3) is 6.11. The number of aliphatic hydroxyl groups excluding tert-OH is 1. The van der Waals surface area contributed by atoms with Gasteiger partial charge in [0, 0.05) is 30.9 Å². The molecule has 0 aliphatic heterocycles. The van der Waals surface area contributed by atoms with Crippen molar-refractivity contribution in [3.63, 3.8) is 0 Å². The average Bonchev–Trinajstić information content (AvgIpc) is 2.70. The largest absolute Gasteiger partial charge is 0.390 e. The number of hydrazine groups is 1. The van der Waals surface area contributed by atoms with E-state index in [0.717, 1.165) is 23.2 Å². The summed E-state index contributed by atoms with van der Waals surface area (Å²) in [5.74, 6) is 6.79. The first kappa shape index (κ1) is 20.0. The van der Waals surface area contributed by atoms with Gasteiger partial charge in [-0.15, -0.1) is 0 Å². The second kappa shape index (κ2) is 9.95. The Labute approximate surface area is 162 Å². The maximum Gasteiger partial charge on any atom is 0.0831 e. The summed E-state index contributed by atoms with van der Waals surface area (Å²) in [6.07, 6.45) is 8.52. The number of hydrogen-bond donors (Lipinski definition) is 3. The van der Waals surface area contributed by atoms with Crippen molar-refractivity contribution in [1.29, 1.82) is 0 Å². The van der Waals surface area contributed by atoms with E-state index >= 15 is 0 Å². The number of rotatable bonds is 8. The van der Waals surface area contributed by atoms with Gasteiger partial charge in [0.25, 0.3) is 0 Å². The lowest BCUT2D eigenvalue weighted by molar-refractivity contribution is 0.0775. The molecule has 1 aliphatic rings. The van der Waals surface area contributed by atoms with Gasteiger partial charge in [-0.25, -0.2) is 5.01 Å². The highest BCUT2D eigenvalue weighted by molar-refractivity contribution is 5.58. The number of hydrogen-bond acceptors (Lipinski definition) is 5. The lowest BCUT2D eigenvalue weighted by Crippen LogP contribution is -2.46. The Morgan fingerprint density at radius 2 is 1.81 bits per heavy atom. The molecule has 5 heteroatoms. The Hall–Kier alpha value is -1.79. The van der Waals surface area contributed by atoms with Crippen molar-refractivity contribution >= 4 is 0 Å². The normalized spacial score (nSPS) is 17.8. The van der Waals surface area contributed by atoms with Crippen molar-refractivity contribution < 1.29 is 5.11 Å². The van der Waals surface area contributed by atoms with E-state index in [1.54, 1.807) is 11.2 Å². The van der Waals surface area contributed by atoms with E-state index in [2.05, 4.69) is 29.2 Å². The standard InChI is InChI=1S/C22H32N4O/c23-20(14-17-6-2-1-3-7-17)22(27)16-26(24)15-18-9-11-19(12-10-18)21-8-4-5-13-25-21/h4-5,8-13,17,20,22,27H,1-3,6-7,14-16,23-24H2. The second-order valence-electron chi connectivity index (χ2n) is 7.81. The molecule has 1 aromatic heterocycles. The molecular weight excluding hydrogens is 336 g/mol. The molecule has 2 aromatic rings. The summed E-state index contributed by atoms with van der Waals surface area (Å²) in [7, 11) is 0. The molecule has 2 atom stereocenters. The average molecular weight is 369 g/mol. The molecule has 27 heavy (non-hydrogen) atoms. The zero-order valence-corrected chi connectivity index (χ0v) is 16.0. The van der Waals surface area contributed by atoms with Crippen molar-refractivity contribution in [3.05, 3.63) is 54.2 Å². The van der Waals surface area contributed by atoms with Crippen LogP contribution in [0.15, 0.2) is 48.7 Å². The monoisotopic (exact) mass is 368 g/mol. The second-order valence-corrected chi connectivity index (χ2v) is 7.81. The number of aromatic nitrogens is 1. The molecule has 0 saturated heterocycles. The minimum absolute atomic E-state index is 0.203. The first-order chi connectivity index (χ1) is 13.1. The molecular formula is C22H32N4O. The molecule has 5 N–H and O–H groups in total. The molecule has 146 valence electrons. The van der Waals surface area contributed by atoms with Crippen molar-refractivity contribution in [2.75, 3.05) is 6.54 Å². The van der Waals surface area contributed by atoms with Crippen molar-refractivity contribution in [2.45, 2.75) is 57.2 Å². The highest BCUT2D eigenvalue weighted by Gasteiger charge is 2.22. The summed E-state index contributed by atoms with van der Waals surface area (Å²) >= 11 is 0. The topological polar surface area (TPSA) is 88.4 Å². The Morgan fingerprint density at radius 3 is 2.48 bits per heavy atom. The molecule has 1 aliphatic carbocycles. The summed E-state index contributed by atoms with van der Waals surface area (Å²) in [4.78, 5) is 4.36. The maximum atomic E-state index is 10.4. The fraction of sp³-hybridized carbons (Fsp3) is 0.500. The van der Waals surface area contributed by atoms with Crippen LogP contribution in [0.1, 0.15) is 44.1 Å². The first-order valence-electron chi connectivity index (χ1n) is 10.1. The van der Waals surface area contributed by atoms with Crippen LogP contribution in [0.3, 0.4) is 0 Å². The fourth-order valence-electron chi connectivity index (χ4n) is 3.95. The smallest absolute Gasteiger partial charge is 0.0831 e. The van der Waals surface area contributed by atoms with E-state index in [-0.39, 0.29) is 6.04 Å². The first-order valence-corrected chi connectivity index (χ1v) is 10.1. The number of nitrogens with zero attached hydrogens (tertiary/aromatic N) is 2. The van der Waals surface area contributed by atoms with E-state index in [9.17, 15) is 5.11 Å². The van der Waals surface area contributed by atoms with Gasteiger partial charge in [-0.2, -0.15) is 0 Å². The van der Waals surface area contributed by atoms with Gasteiger partial charge in [-0.3, -0.25) is 10.8 Å². The third-order valence-electron chi connectivity index (χ3n) is 5.55. The van der Waals surface area contributed by atoms with Gasteiger partial charge in [0.15, 0.2) is 0 Å². The van der Waals surface area contributed by atoms with Gasteiger partial charge >= 0.3 is 0 Å². The summed E-state index contributed by atoms with van der Waals surface area (Å²) in [6.45, 7) is 0.964. The van der Waals surface area contributed by atoms with Crippen LogP contribution in [0.4, 0.5) is 0 Å². The van der Waals surface area contributed by atoms with Gasteiger partial charge in [-0.05, 0) is 30.0 Å². The summed E-state index contributed by atoms with van der Waals surface area (Å²) in [5.41, 5.74) is 9.37. The van der Waals surface area contributed by atoms with Gasteiger partial charge in [0.1, 0.15) is 0 Å². The molecule has 3 rings (SSSR count). The Morgan fingerprint density at radius 1 is 1.07 bits per heavy atom. The number of aliphatic hydroxyl groups is 1. The van der Waals surface area contributed by atoms with E-state index in [0.29, 0.717) is 19.0 Å². The van der Waals surface area contributed by atoms with Gasteiger partial charge in [0.05, 0.1) is 11.8 Å². The SMILES string of the molecule is NC(CC1CCCCC1)C(O)CN(N)Cc1ccc(-c2ccccn2)cc1. The molecule has 0 spiro atoms. The van der Waals surface area contributed by atoms with Crippen molar-refractivity contribution in [1.82, 2.24) is 9.99 Å². The predicted octanol–water partition coefficient (Wildman–Crippen LogP) is 3.08. The van der Waals surface area contributed by atoms with E-state index in [4.69, 9.17) is 11.6 Å². The number of benzene rings is 1. The van der Waals surface area contributed by atoms with Crippen LogP contribution in [0.5, 0.6) is 0 Å². The Balaban J connectivity index is 1.47. The summed E-state index contributed by atoms with van der Waals surface area (Å²) < 4.78 is 0. The van der Waals surface area contributed by atoms with Crippen LogP contribution in [0.25, 0.3) is 11.3 Å². The fourth-order valence-corrected chi connectivity index (χ4v) is 3.95. The molecule has 0 radical (unpaired) electrons. The van der Waals surface area contributed by atoms with Crippen molar-refractivity contribution in [2.24, 2.45) is 17.5 Å². The zero-order valence-electron chi connectivity index (χ0n) is 16.0. The van der Waals surface area contributed by atoms with E-state index < -0.39 is 6.10 Å². The van der Waals surface area contributed by atoms with Gasteiger partial charge in [-0.1, -0.05) is 62.4 Å². The minimum Gasteiger partial charge on any atom is -0.390 e. The highest BCUT2D eigenvalue weighted by Crippen LogP contribution is 2.27. The summed E-state index contributed by atoms with van der Waals surface area (Å²) in [6, 6.07) is 13.9. The van der Waals surface area contributed by atoms with Crippen LogP contribution >= 0.6 is 0 Å². The zero-order chi connectivity index (χ0) is 19.1. The molecule has 0 amide bonds. The Bertz CT molecular complexity index is 670. The van der Waals surface area contributed by atoms with Crippen LogP contribution in [-0.4, -0.2) is 33.8 Å². The quantitative estimate of drug-likeness (QED) is 0.492. The van der Waals surface area contributed by atoms with E-state index in [1.165, 1.54) is 32.1 Å². The molecule has 1 aromatic carbocycles. The van der Waals surface area contributed by atoms with Crippen LogP contribution in [0, 0.1) is 5.92 Å². The van der Waals surface area contributed by atoms with Crippen LogP contribution in [0.2, 0.25) is 0 Å². The van der Waals surface area contributed by atoms with Crippen molar-refractivity contribution in [3.8, 4) is 11.3 Å². The van der Waals surface area contributed by atoms with Crippen LogP contribution in [-0.2, 0) is 6.54 Å². The predicted molar refractivity (Wildman–Crippen MR) is 109 cm³/mol. The van der Waals surface area contributed by atoms with E-state index in [1.807, 2.05) is 18.2 Å². The lowest BCUT2D eigenvalue weighted by Gasteiger charge is -2.29. The summed E-state index contributed by atoms with van der Waals surface area (Å²) in [5, 5.41) is 12.1. The number of pyridine rings is 1. The van der Waals surface area contributed by atoms with Gasteiger partial charge < -0.3 is 10.8 Å².